The number of carbonyl (C=O) groups excluding carboxylic acids is 3. The van der Waals surface area contributed by atoms with Crippen molar-refractivity contribution < 1.29 is 43.0 Å². The molecule has 1 saturated heterocycles. The number of hydrogen-bond donors (Lipinski definition) is 3. The Labute approximate surface area is 251 Å². The third kappa shape index (κ3) is 15.4. The molecule has 15 nitrogen and oxygen atoms in total. The number of rotatable bonds is 9. The molecule has 0 aliphatic carbocycles. The lowest BCUT2D eigenvalue weighted by Gasteiger charge is -2.28. The van der Waals surface area contributed by atoms with Gasteiger partial charge < -0.3 is 44.5 Å². The fraction of sp³-hybridized carbons (Fsp3) is 0.607. The van der Waals surface area contributed by atoms with Crippen LogP contribution in [0.2, 0.25) is 0 Å². The minimum Gasteiger partial charge on any atom is -0.377 e. The smallest absolute Gasteiger partial charge is 0.319 e. The summed E-state index contributed by atoms with van der Waals surface area (Å²) in [6.07, 6.45) is 0.622. The average molecular weight is 610 g/mol. The molecule has 240 valence electrons. The van der Waals surface area contributed by atoms with Gasteiger partial charge in [-0.15, -0.1) is 0 Å². The molecule has 4 amide bonds. The van der Waals surface area contributed by atoms with Crippen molar-refractivity contribution >= 4 is 29.2 Å². The fourth-order valence-corrected chi connectivity index (χ4v) is 3.79. The Morgan fingerprint density at radius 1 is 0.884 bits per heavy atom. The predicted octanol–water partition coefficient (Wildman–Crippen LogP) is 1.48. The summed E-state index contributed by atoms with van der Waals surface area (Å²) in [5.74, 6) is -0.648. The van der Waals surface area contributed by atoms with Gasteiger partial charge in [0.1, 0.15) is 6.04 Å². The van der Waals surface area contributed by atoms with Gasteiger partial charge in [-0.05, 0) is 31.9 Å². The Kier molecular flexibility index (Phi) is 17.5. The van der Waals surface area contributed by atoms with Crippen molar-refractivity contribution in [2.45, 2.75) is 25.8 Å². The highest BCUT2D eigenvalue weighted by molar-refractivity contribution is 5.94. The number of ether oxygens (including phenoxy) is 5. The predicted molar refractivity (Wildman–Crippen MR) is 157 cm³/mol. The van der Waals surface area contributed by atoms with Crippen LogP contribution in [0.15, 0.2) is 36.4 Å². The van der Waals surface area contributed by atoms with Gasteiger partial charge in [0.2, 0.25) is 11.8 Å². The monoisotopic (exact) mass is 609 g/mol. The van der Waals surface area contributed by atoms with E-state index in [4.69, 9.17) is 23.7 Å². The van der Waals surface area contributed by atoms with Crippen LogP contribution in [-0.2, 0) is 33.3 Å². The first kappa shape index (κ1) is 35.6. The number of urea groups is 1. The SMILES string of the molecule is C=C(C)C(=O)NCCCC(NC(=O)Nc1ccc([N+](=O)[O-])cc1)C(=O)N1CCOCCOCCOCCOCCOCC1. The highest BCUT2D eigenvalue weighted by Gasteiger charge is 2.26. The molecule has 1 atom stereocenters. The lowest BCUT2D eigenvalue weighted by atomic mass is 10.1. The van der Waals surface area contributed by atoms with Crippen molar-refractivity contribution in [3.8, 4) is 0 Å². The fourth-order valence-electron chi connectivity index (χ4n) is 3.79. The van der Waals surface area contributed by atoms with Crippen molar-refractivity contribution in [1.29, 1.82) is 0 Å². The van der Waals surface area contributed by atoms with Crippen LogP contribution in [0.25, 0.3) is 0 Å². The van der Waals surface area contributed by atoms with Gasteiger partial charge in [0.05, 0.1) is 71.0 Å². The Morgan fingerprint density at radius 2 is 1.37 bits per heavy atom. The van der Waals surface area contributed by atoms with Crippen LogP contribution in [0, 0.1) is 10.1 Å². The van der Waals surface area contributed by atoms with E-state index in [1.54, 1.807) is 11.8 Å². The number of nitrogens with zero attached hydrogens (tertiary/aromatic N) is 2. The Balaban J connectivity index is 2.05. The number of hydrogen-bond acceptors (Lipinski definition) is 10. The van der Waals surface area contributed by atoms with E-state index in [0.29, 0.717) is 70.5 Å². The molecule has 1 aliphatic rings. The molecule has 15 heteroatoms. The summed E-state index contributed by atoms with van der Waals surface area (Å²) in [7, 11) is 0. The molecular weight excluding hydrogens is 566 g/mol. The number of nitro benzene ring substituents is 1. The summed E-state index contributed by atoms with van der Waals surface area (Å²) in [5.41, 5.74) is 0.560. The van der Waals surface area contributed by atoms with E-state index in [1.165, 1.54) is 24.3 Å². The molecule has 1 aromatic rings. The van der Waals surface area contributed by atoms with Crippen LogP contribution in [-0.4, -0.2) is 119 Å². The summed E-state index contributed by atoms with van der Waals surface area (Å²) < 4.78 is 27.7. The molecule has 1 unspecified atom stereocenters. The van der Waals surface area contributed by atoms with Crippen LogP contribution < -0.4 is 16.0 Å². The molecule has 0 saturated carbocycles. The van der Waals surface area contributed by atoms with E-state index in [-0.39, 0.29) is 56.8 Å². The summed E-state index contributed by atoms with van der Waals surface area (Å²) >= 11 is 0. The van der Waals surface area contributed by atoms with Crippen LogP contribution >= 0.6 is 0 Å². The second kappa shape index (κ2) is 21.1. The molecule has 0 radical (unpaired) electrons. The molecule has 1 heterocycles. The van der Waals surface area contributed by atoms with Gasteiger partial charge in [-0.1, -0.05) is 6.58 Å². The summed E-state index contributed by atoms with van der Waals surface area (Å²) in [6, 6.07) is 3.72. The summed E-state index contributed by atoms with van der Waals surface area (Å²) in [5, 5.41) is 18.9. The van der Waals surface area contributed by atoms with Gasteiger partial charge in [-0.25, -0.2) is 4.79 Å². The topological polar surface area (TPSA) is 180 Å². The van der Waals surface area contributed by atoms with Crippen molar-refractivity contribution in [1.82, 2.24) is 15.5 Å². The van der Waals surface area contributed by atoms with E-state index in [0.717, 1.165) is 0 Å². The molecule has 0 spiro atoms. The van der Waals surface area contributed by atoms with Crippen molar-refractivity contribution in [2.75, 3.05) is 91.0 Å². The molecule has 1 fully saturated rings. The Morgan fingerprint density at radius 3 is 1.84 bits per heavy atom. The van der Waals surface area contributed by atoms with Gasteiger partial charge in [0.15, 0.2) is 0 Å². The molecule has 0 bridgehead atoms. The lowest BCUT2D eigenvalue weighted by molar-refractivity contribution is -0.384. The number of anilines is 1. The van der Waals surface area contributed by atoms with E-state index in [1.807, 2.05) is 0 Å². The van der Waals surface area contributed by atoms with Gasteiger partial charge in [-0.2, -0.15) is 0 Å². The number of nitrogens with one attached hydrogen (secondary N) is 3. The van der Waals surface area contributed by atoms with Crippen molar-refractivity contribution in [2.24, 2.45) is 0 Å². The molecule has 1 aromatic carbocycles. The molecule has 43 heavy (non-hydrogen) atoms. The van der Waals surface area contributed by atoms with Crippen LogP contribution in [0.3, 0.4) is 0 Å². The highest BCUT2D eigenvalue weighted by Crippen LogP contribution is 2.15. The van der Waals surface area contributed by atoms with Crippen LogP contribution in [0.5, 0.6) is 0 Å². The van der Waals surface area contributed by atoms with Crippen LogP contribution in [0.4, 0.5) is 16.2 Å². The number of benzene rings is 1. The highest BCUT2D eigenvalue weighted by atomic mass is 16.6. The minimum atomic E-state index is -0.940. The number of carbonyl (C=O) groups is 3. The maximum atomic E-state index is 13.7. The maximum Gasteiger partial charge on any atom is 0.319 e. The normalized spacial score (nSPS) is 17.0. The van der Waals surface area contributed by atoms with E-state index >= 15 is 0 Å². The van der Waals surface area contributed by atoms with Crippen molar-refractivity contribution in [3.63, 3.8) is 0 Å². The number of non-ortho nitro benzene ring substituents is 1. The van der Waals surface area contributed by atoms with E-state index < -0.39 is 17.0 Å². The zero-order chi connectivity index (χ0) is 31.3. The second-order valence-electron chi connectivity index (χ2n) is 9.52. The summed E-state index contributed by atoms with van der Waals surface area (Å²) in [4.78, 5) is 50.4. The van der Waals surface area contributed by atoms with Crippen LogP contribution in [0.1, 0.15) is 19.8 Å². The third-order valence-electron chi connectivity index (χ3n) is 6.09. The Hall–Kier alpha value is -3.63. The van der Waals surface area contributed by atoms with Gasteiger partial charge in [0.25, 0.3) is 5.69 Å². The number of amides is 4. The van der Waals surface area contributed by atoms with E-state index in [2.05, 4.69) is 22.5 Å². The lowest BCUT2D eigenvalue weighted by Crippen LogP contribution is -2.51. The second-order valence-corrected chi connectivity index (χ2v) is 9.52. The quantitative estimate of drug-likeness (QED) is 0.161. The average Bonchev–Trinajstić information content (AvgIpc) is 2.98. The van der Waals surface area contributed by atoms with Crippen molar-refractivity contribution in [3.05, 3.63) is 46.5 Å². The summed E-state index contributed by atoms with van der Waals surface area (Å²) in [6.45, 7) is 9.63. The van der Waals surface area contributed by atoms with Gasteiger partial charge in [-0.3, -0.25) is 19.7 Å². The van der Waals surface area contributed by atoms with Gasteiger partial charge >= 0.3 is 6.03 Å². The first-order valence-corrected chi connectivity index (χ1v) is 14.2. The molecular formula is C28H43N5O10. The first-order valence-electron chi connectivity index (χ1n) is 14.2. The molecule has 2 rings (SSSR count). The molecule has 0 aromatic heterocycles. The maximum absolute atomic E-state index is 13.7. The molecule has 3 N–H and O–H groups in total. The first-order chi connectivity index (χ1) is 20.8. The van der Waals surface area contributed by atoms with E-state index in [9.17, 15) is 24.5 Å². The minimum absolute atomic E-state index is 0.119. The molecule has 1 aliphatic heterocycles. The number of nitro groups is 1. The zero-order valence-corrected chi connectivity index (χ0v) is 24.7. The zero-order valence-electron chi connectivity index (χ0n) is 24.7. The largest absolute Gasteiger partial charge is 0.377 e. The standard InChI is InChI=1S/C28H43N5O10/c1-22(2)26(34)29-9-3-4-25(31-28(36)30-23-5-7-24(8-6-23)33(37)38)27(35)32-10-12-39-14-16-41-18-20-43-21-19-42-17-15-40-13-11-32/h5-8,25H,1,3-4,9-21H2,2H3,(H,29,34)(H2,30,31,36). The Bertz CT molecular complexity index is 1010. The third-order valence-corrected chi connectivity index (χ3v) is 6.09. The van der Waals surface area contributed by atoms with Gasteiger partial charge in [0, 0.05) is 43.0 Å².